The Morgan fingerprint density at radius 2 is 1.79 bits per heavy atom. The van der Waals surface area contributed by atoms with Crippen LogP contribution in [0.1, 0.15) is 46.5 Å². The number of nitrogens with one attached hydrogen (secondary N) is 2. The van der Waals surface area contributed by atoms with Crippen molar-refractivity contribution in [1.29, 1.82) is 0 Å². The van der Waals surface area contributed by atoms with E-state index in [1.165, 1.54) is 0 Å². The first-order chi connectivity index (χ1) is 8.69. The first-order valence-electron chi connectivity index (χ1n) is 6.59. The van der Waals surface area contributed by atoms with Gasteiger partial charge in [-0.15, -0.1) is 0 Å². The Morgan fingerprint density at radius 3 is 2.21 bits per heavy atom. The molecule has 1 amide bonds. The minimum atomic E-state index is -2.47. The molecule has 0 aromatic carbocycles. The lowest BCUT2D eigenvalue weighted by molar-refractivity contribution is -0.139. The molecule has 1 saturated carbocycles. The number of hydrogen-bond acceptors (Lipinski definition) is 3. The van der Waals surface area contributed by atoms with Crippen LogP contribution < -0.4 is 10.6 Å². The smallest absolute Gasteiger partial charge is 0.289 e. The molecule has 2 N–H and O–H groups in total. The summed E-state index contributed by atoms with van der Waals surface area (Å²) in [5.74, 6) is -1.32. The van der Waals surface area contributed by atoms with Gasteiger partial charge in [-0.3, -0.25) is 9.59 Å². The number of ketones is 1. The Kier molecular flexibility index (Phi) is 5.40. The molecule has 1 atom stereocenters. The average molecular weight is 276 g/mol. The zero-order chi connectivity index (χ0) is 14.6. The summed E-state index contributed by atoms with van der Waals surface area (Å²) < 4.78 is 24.5. The lowest BCUT2D eigenvalue weighted by atomic mass is 10.0. The minimum Gasteiger partial charge on any atom is -0.347 e. The van der Waals surface area contributed by atoms with Gasteiger partial charge in [-0.2, -0.15) is 0 Å². The van der Waals surface area contributed by atoms with Gasteiger partial charge >= 0.3 is 0 Å². The molecule has 6 heteroatoms. The van der Waals surface area contributed by atoms with E-state index in [0.29, 0.717) is 0 Å². The molecule has 19 heavy (non-hydrogen) atoms. The van der Waals surface area contributed by atoms with Crippen LogP contribution in [0.5, 0.6) is 0 Å². The quantitative estimate of drug-likeness (QED) is 0.695. The van der Waals surface area contributed by atoms with Crippen LogP contribution in [0.3, 0.4) is 0 Å². The minimum absolute atomic E-state index is 0.0359. The molecule has 1 rings (SSSR count). The third-order valence-electron chi connectivity index (χ3n) is 2.73. The van der Waals surface area contributed by atoms with Gasteiger partial charge < -0.3 is 10.6 Å². The maximum Gasteiger partial charge on any atom is 0.289 e. The molecule has 0 heterocycles. The maximum atomic E-state index is 12.3. The Morgan fingerprint density at radius 1 is 1.21 bits per heavy atom. The van der Waals surface area contributed by atoms with Gasteiger partial charge in [-0.05, 0) is 40.0 Å². The first kappa shape index (κ1) is 16.0. The highest BCUT2D eigenvalue weighted by Crippen LogP contribution is 2.19. The number of carbonyl (C=O) groups is 2. The molecule has 4 nitrogen and oxygen atoms in total. The van der Waals surface area contributed by atoms with E-state index in [-0.39, 0.29) is 12.5 Å². The van der Waals surface area contributed by atoms with Crippen LogP contribution in [0.15, 0.2) is 0 Å². The third-order valence-corrected chi connectivity index (χ3v) is 2.73. The van der Waals surface area contributed by atoms with Crippen molar-refractivity contribution >= 4 is 11.7 Å². The van der Waals surface area contributed by atoms with Crippen LogP contribution in [-0.2, 0) is 9.59 Å². The van der Waals surface area contributed by atoms with Crippen LogP contribution in [0.4, 0.5) is 8.78 Å². The van der Waals surface area contributed by atoms with Gasteiger partial charge in [0.1, 0.15) is 0 Å². The van der Waals surface area contributed by atoms with Crippen LogP contribution in [0, 0.1) is 0 Å². The summed E-state index contributed by atoms with van der Waals surface area (Å²) in [7, 11) is 0. The van der Waals surface area contributed by atoms with E-state index in [9.17, 15) is 18.4 Å². The maximum absolute atomic E-state index is 12.3. The fraction of sp³-hybridized carbons (Fsp3) is 0.846. The molecule has 1 aliphatic carbocycles. The standard InChI is InChI=1S/C13H22F2N2O2/c1-13(2,3)17-9(6-7-10(14)15)11(18)12(19)16-8-4-5-8/h8-10,17H,4-7H2,1-3H3,(H,16,19). The molecule has 0 spiro atoms. The summed E-state index contributed by atoms with van der Waals surface area (Å²) in [6.45, 7) is 5.48. The summed E-state index contributed by atoms with van der Waals surface area (Å²) in [6, 6.07) is -0.769. The average Bonchev–Trinajstić information content (AvgIpc) is 3.05. The first-order valence-corrected chi connectivity index (χ1v) is 6.59. The molecule has 1 aliphatic rings. The molecule has 0 saturated heterocycles. The second-order valence-electron chi connectivity index (χ2n) is 6.03. The number of halogens is 2. The van der Waals surface area contributed by atoms with Crippen molar-refractivity contribution in [2.75, 3.05) is 0 Å². The fourth-order valence-electron chi connectivity index (χ4n) is 1.73. The summed E-state index contributed by atoms with van der Waals surface area (Å²) >= 11 is 0. The molecule has 0 aromatic rings. The topological polar surface area (TPSA) is 58.2 Å². The summed E-state index contributed by atoms with van der Waals surface area (Å²) in [5.41, 5.74) is -0.414. The van der Waals surface area contributed by atoms with Crippen LogP contribution in [-0.4, -0.2) is 35.7 Å². The monoisotopic (exact) mass is 276 g/mol. The summed E-state index contributed by atoms with van der Waals surface area (Å²) in [4.78, 5) is 23.7. The van der Waals surface area contributed by atoms with Gasteiger partial charge in [0.05, 0.1) is 6.04 Å². The molecular weight excluding hydrogens is 254 g/mol. The van der Waals surface area contributed by atoms with E-state index in [1.807, 2.05) is 20.8 Å². The van der Waals surface area contributed by atoms with E-state index in [0.717, 1.165) is 12.8 Å². The number of rotatable bonds is 7. The highest BCUT2D eigenvalue weighted by Gasteiger charge is 2.32. The predicted molar refractivity (Wildman–Crippen MR) is 68.1 cm³/mol. The number of amides is 1. The molecular formula is C13H22F2N2O2. The Labute approximate surface area is 112 Å². The largest absolute Gasteiger partial charge is 0.347 e. The van der Waals surface area contributed by atoms with Crippen molar-refractivity contribution < 1.29 is 18.4 Å². The Hall–Kier alpha value is -1.04. The van der Waals surface area contributed by atoms with Crippen LogP contribution in [0.25, 0.3) is 0 Å². The van der Waals surface area contributed by atoms with E-state index in [2.05, 4.69) is 10.6 Å². The number of Topliss-reactive ketones (excluding diaryl/α,β-unsaturated/α-hetero) is 1. The van der Waals surface area contributed by atoms with E-state index < -0.39 is 36.1 Å². The van der Waals surface area contributed by atoms with Crippen molar-refractivity contribution in [1.82, 2.24) is 10.6 Å². The lowest BCUT2D eigenvalue weighted by Crippen LogP contribution is -2.52. The highest BCUT2D eigenvalue weighted by molar-refractivity contribution is 6.38. The molecule has 0 aromatic heterocycles. The molecule has 0 radical (unpaired) electrons. The number of alkyl halides is 2. The molecule has 1 fully saturated rings. The normalized spacial score (nSPS) is 17.4. The van der Waals surface area contributed by atoms with Gasteiger partial charge in [0.2, 0.25) is 12.2 Å². The van der Waals surface area contributed by atoms with Gasteiger partial charge in [0, 0.05) is 18.0 Å². The van der Waals surface area contributed by atoms with Crippen molar-refractivity contribution in [3.8, 4) is 0 Å². The van der Waals surface area contributed by atoms with Gasteiger partial charge in [0.25, 0.3) is 5.91 Å². The zero-order valence-corrected chi connectivity index (χ0v) is 11.6. The highest BCUT2D eigenvalue weighted by atomic mass is 19.3. The Balaban J connectivity index is 2.58. The van der Waals surface area contributed by atoms with Crippen molar-refractivity contribution in [2.24, 2.45) is 0 Å². The molecule has 0 bridgehead atoms. The van der Waals surface area contributed by atoms with Gasteiger partial charge in [-0.25, -0.2) is 8.78 Å². The van der Waals surface area contributed by atoms with Crippen molar-refractivity contribution in [3.63, 3.8) is 0 Å². The third kappa shape index (κ3) is 6.61. The van der Waals surface area contributed by atoms with Crippen molar-refractivity contribution in [3.05, 3.63) is 0 Å². The summed E-state index contributed by atoms with van der Waals surface area (Å²) in [5, 5.41) is 5.53. The lowest BCUT2D eigenvalue weighted by Gasteiger charge is -2.27. The summed E-state index contributed by atoms with van der Waals surface area (Å²) in [6.07, 6.45) is -1.13. The second-order valence-corrected chi connectivity index (χ2v) is 6.03. The molecule has 110 valence electrons. The molecule has 1 unspecified atom stereocenters. The van der Waals surface area contributed by atoms with E-state index >= 15 is 0 Å². The number of carbonyl (C=O) groups excluding carboxylic acids is 2. The second kappa shape index (κ2) is 6.41. The van der Waals surface area contributed by atoms with Gasteiger partial charge in [-0.1, -0.05) is 0 Å². The van der Waals surface area contributed by atoms with E-state index in [1.54, 1.807) is 0 Å². The molecule has 0 aliphatic heterocycles. The van der Waals surface area contributed by atoms with Crippen LogP contribution in [0.2, 0.25) is 0 Å². The zero-order valence-electron chi connectivity index (χ0n) is 11.6. The predicted octanol–water partition coefficient (Wildman–Crippen LogP) is 1.64. The van der Waals surface area contributed by atoms with Crippen molar-refractivity contribution in [2.45, 2.75) is 70.5 Å². The van der Waals surface area contributed by atoms with Crippen LogP contribution >= 0.6 is 0 Å². The van der Waals surface area contributed by atoms with Gasteiger partial charge in [0.15, 0.2) is 0 Å². The number of hydrogen-bond donors (Lipinski definition) is 2. The SMILES string of the molecule is CC(C)(C)NC(CCC(F)F)C(=O)C(=O)NC1CC1. The fourth-order valence-corrected chi connectivity index (χ4v) is 1.73. The van der Waals surface area contributed by atoms with E-state index in [4.69, 9.17) is 0 Å². The Bertz CT molecular complexity index is 336.